The summed E-state index contributed by atoms with van der Waals surface area (Å²) in [5, 5.41) is 8.37. The molecule has 0 fully saturated rings. The number of esters is 1. The van der Waals surface area contributed by atoms with Crippen molar-refractivity contribution in [2.75, 3.05) is 5.88 Å². The summed E-state index contributed by atoms with van der Waals surface area (Å²) in [6.45, 7) is 2.99. The van der Waals surface area contributed by atoms with Gasteiger partial charge in [0.25, 0.3) is 0 Å². The molecule has 0 aliphatic rings. The molecular formula is C6H8ClNO2. The van der Waals surface area contributed by atoms with E-state index in [1.165, 1.54) is 13.8 Å². The van der Waals surface area contributed by atoms with Gasteiger partial charge < -0.3 is 4.74 Å². The van der Waals surface area contributed by atoms with Gasteiger partial charge in [-0.15, -0.1) is 11.6 Å². The van der Waals surface area contributed by atoms with Crippen LogP contribution in [0, 0.1) is 11.3 Å². The van der Waals surface area contributed by atoms with E-state index in [0.717, 1.165) is 0 Å². The van der Waals surface area contributed by atoms with Crippen LogP contribution < -0.4 is 0 Å². The van der Waals surface area contributed by atoms with Crippen LogP contribution in [0.1, 0.15) is 13.8 Å². The second-order valence-corrected chi connectivity index (χ2v) is 2.50. The molecular weight excluding hydrogens is 154 g/mol. The van der Waals surface area contributed by atoms with Gasteiger partial charge >= 0.3 is 5.97 Å². The maximum absolute atomic E-state index is 10.5. The third kappa shape index (κ3) is 3.31. The molecule has 0 saturated heterocycles. The van der Waals surface area contributed by atoms with Crippen molar-refractivity contribution in [3.05, 3.63) is 0 Å². The van der Waals surface area contributed by atoms with Crippen molar-refractivity contribution in [3.8, 4) is 6.07 Å². The molecule has 4 heteroatoms. The summed E-state index contributed by atoms with van der Waals surface area (Å²) in [5.74, 6) is -0.793. The molecule has 0 rings (SSSR count). The lowest BCUT2D eigenvalue weighted by atomic mass is 10.2. The maximum atomic E-state index is 10.5. The second kappa shape index (κ2) is 3.43. The average molecular weight is 162 g/mol. The molecule has 0 radical (unpaired) electrons. The van der Waals surface area contributed by atoms with Crippen molar-refractivity contribution in [3.63, 3.8) is 0 Å². The van der Waals surface area contributed by atoms with E-state index in [2.05, 4.69) is 4.74 Å². The van der Waals surface area contributed by atoms with Crippen molar-refractivity contribution in [1.82, 2.24) is 0 Å². The molecule has 0 unspecified atom stereocenters. The fourth-order valence-electron chi connectivity index (χ4n) is 0.335. The Kier molecular flexibility index (Phi) is 3.17. The van der Waals surface area contributed by atoms with E-state index in [1.54, 1.807) is 6.07 Å². The molecule has 0 aliphatic carbocycles. The first-order valence-corrected chi connectivity index (χ1v) is 3.24. The van der Waals surface area contributed by atoms with Gasteiger partial charge in [-0.2, -0.15) is 5.26 Å². The Bertz CT molecular complexity index is 171. The highest BCUT2D eigenvalue weighted by molar-refractivity contribution is 6.26. The molecule has 0 aromatic rings. The molecule has 0 saturated carbocycles. The first-order chi connectivity index (χ1) is 4.52. The van der Waals surface area contributed by atoms with Crippen LogP contribution >= 0.6 is 11.6 Å². The number of rotatable bonds is 2. The lowest BCUT2D eigenvalue weighted by Gasteiger charge is -2.14. The number of alkyl halides is 1. The summed E-state index contributed by atoms with van der Waals surface area (Å²) < 4.78 is 4.60. The molecule has 0 amide bonds. The topological polar surface area (TPSA) is 50.1 Å². The van der Waals surface area contributed by atoms with E-state index in [1.807, 2.05) is 0 Å². The minimum atomic E-state index is -1.06. The number of nitrogens with zero attached hydrogens (tertiary/aromatic N) is 1. The Balaban J connectivity index is 3.92. The van der Waals surface area contributed by atoms with E-state index >= 15 is 0 Å². The molecule has 0 aromatic carbocycles. The molecule has 0 atom stereocenters. The molecule has 10 heavy (non-hydrogen) atoms. The Morgan fingerprint density at radius 1 is 1.80 bits per heavy atom. The van der Waals surface area contributed by atoms with Gasteiger partial charge in [0.15, 0.2) is 5.60 Å². The quantitative estimate of drug-likeness (QED) is 0.450. The zero-order chi connectivity index (χ0) is 8.20. The first-order valence-electron chi connectivity index (χ1n) is 2.71. The number of carbonyl (C=O) groups is 1. The van der Waals surface area contributed by atoms with Crippen LogP contribution in [0.5, 0.6) is 0 Å². The highest BCUT2D eigenvalue weighted by Gasteiger charge is 2.20. The molecule has 3 nitrogen and oxygen atoms in total. The van der Waals surface area contributed by atoms with Crippen molar-refractivity contribution in [1.29, 1.82) is 5.26 Å². The molecule has 0 spiro atoms. The normalized spacial score (nSPS) is 10.2. The predicted molar refractivity (Wildman–Crippen MR) is 36.5 cm³/mol. The van der Waals surface area contributed by atoms with Gasteiger partial charge in [0.05, 0.1) is 0 Å². The van der Waals surface area contributed by atoms with Crippen molar-refractivity contribution < 1.29 is 9.53 Å². The van der Waals surface area contributed by atoms with Crippen LogP contribution in [0.4, 0.5) is 0 Å². The summed E-state index contributed by atoms with van der Waals surface area (Å²) in [4.78, 5) is 10.5. The Morgan fingerprint density at radius 2 is 2.30 bits per heavy atom. The second-order valence-electron chi connectivity index (χ2n) is 2.23. The van der Waals surface area contributed by atoms with Gasteiger partial charge in [0, 0.05) is 0 Å². The van der Waals surface area contributed by atoms with Gasteiger partial charge in [0.2, 0.25) is 0 Å². The predicted octanol–water partition coefficient (Wildman–Crippen LogP) is 1.07. The number of halogens is 1. The number of ether oxygens (including phenoxy) is 1. The van der Waals surface area contributed by atoms with Crippen molar-refractivity contribution >= 4 is 17.6 Å². The lowest BCUT2D eigenvalue weighted by Crippen LogP contribution is -2.26. The molecule has 0 heterocycles. The Labute approximate surface area is 64.5 Å². The minimum Gasteiger partial charge on any atom is -0.443 e. The fraction of sp³-hybridized carbons (Fsp3) is 0.667. The zero-order valence-corrected chi connectivity index (χ0v) is 6.60. The van der Waals surface area contributed by atoms with Crippen LogP contribution in [0.3, 0.4) is 0 Å². The number of hydrogen-bond acceptors (Lipinski definition) is 3. The Hall–Kier alpha value is -0.750. The lowest BCUT2D eigenvalue weighted by molar-refractivity contribution is -0.148. The van der Waals surface area contributed by atoms with Gasteiger partial charge in [0.1, 0.15) is 11.9 Å². The van der Waals surface area contributed by atoms with Gasteiger partial charge in [-0.25, -0.2) is 0 Å². The fourth-order valence-corrected chi connectivity index (χ4v) is 0.389. The SMILES string of the molecule is CC(C)(C#N)OC(=O)CCl. The van der Waals surface area contributed by atoms with Crippen molar-refractivity contribution in [2.24, 2.45) is 0 Å². The molecule has 0 N–H and O–H groups in total. The number of hydrogen-bond donors (Lipinski definition) is 0. The highest BCUT2D eigenvalue weighted by Crippen LogP contribution is 2.06. The monoisotopic (exact) mass is 161 g/mol. The van der Waals surface area contributed by atoms with Gasteiger partial charge in [-0.1, -0.05) is 0 Å². The van der Waals surface area contributed by atoms with E-state index in [9.17, 15) is 4.79 Å². The van der Waals surface area contributed by atoms with Crippen LogP contribution in [-0.4, -0.2) is 17.5 Å². The maximum Gasteiger partial charge on any atom is 0.322 e. The first kappa shape index (κ1) is 9.25. The summed E-state index contributed by atoms with van der Waals surface area (Å²) in [5.41, 5.74) is -1.06. The smallest absolute Gasteiger partial charge is 0.322 e. The highest BCUT2D eigenvalue weighted by atomic mass is 35.5. The third-order valence-electron chi connectivity index (χ3n) is 0.747. The zero-order valence-electron chi connectivity index (χ0n) is 5.85. The molecule has 0 aliphatic heterocycles. The van der Waals surface area contributed by atoms with E-state index in [0.29, 0.717) is 0 Å². The van der Waals surface area contributed by atoms with Gasteiger partial charge in [-0.05, 0) is 13.8 Å². The average Bonchev–Trinajstić information content (AvgIpc) is 1.87. The summed E-state index contributed by atoms with van der Waals surface area (Å²) in [6.07, 6.45) is 0. The van der Waals surface area contributed by atoms with Gasteiger partial charge in [-0.3, -0.25) is 4.79 Å². The minimum absolute atomic E-state index is 0.217. The van der Waals surface area contributed by atoms with Crippen LogP contribution in [0.25, 0.3) is 0 Å². The largest absolute Gasteiger partial charge is 0.443 e. The van der Waals surface area contributed by atoms with E-state index < -0.39 is 11.6 Å². The number of carbonyl (C=O) groups excluding carboxylic acids is 1. The van der Waals surface area contributed by atoms with Crippen molar-refractivity contribution in [2.45, 2.75) is 19.4 Å². The van der Waals surface area contributed by atoms with E-state index in [-0.39, 0.29) is 5.88 Å². The van der Waals surface area contributed by atoms with Crippen LogP contribution in [-0.2, 0) is 9.53 Å². The molecule has 56 valence electrons. The standard InChI is InChI=1S/C6H8ClNO2/c1-6(2,4-8)10-5(9)3-7/h3H2,1-2H3. The molecule has 0 bridgehead atoms. The molecule has 0 aromatic heterocycles. The third-order valence-corrected chi connectivity index (χ3v) is 0.966. The summed E-state index contributed by atoms with van der Waals surface area (Å²) in [7, 11) is 0. The number of nitriles is 1. The Morgan fingerprint density at radius 3 is 2.60 bits per heavy atom. The van der Waals surface area contributed by atoms with Crippen LogP contribution in [0.2, 0.25) is 0 Å². The van der Waals surface area contributed by atoms with E-state index in [4.69, 9.17) is 16.9 Å². The summed E-state index contributed by atoms with van der Waals surface area (Å²) in [6, 6.07) is 1.80. The summed E-state index contributed by atoms with van der Waals surface area (Å²) >= 11 is 5.13. The van der Waals surface area contributed by atoms with Crippen LogP contribution in [0.15, 0.2) is 0 Å².